The van der Waals surface area contributed by atoms with Crippen molar-refractivity contribution in [2.75, 3.05) is 16.9 Å². The number of hydrogen-bond donors (Lipinski definition) is 1. The summed E-state index contributed by atoms with van der Waals surface area (Å²) in [6.07, 6.45) is 3.99. The van der Waals surface area contributed by atoms with Gasteiger partial charge in [-0.05, 0) is 82.6 Å². The van der Waals surface area contributed by atoms with Crippen molar-refractivity contribution < 1.29 is 4.79 Å². The first kappa shape index (κ1) is 22.9. The second-order valence-corrected chi connectivity index (χ2v) is 9.19. The average Bonchev–Trinajstić information content (AvgIpc) is 3.37. The maximum atomic E-state index is 14.1. The smallest absolute Gasteiger partial charge is 0.259 e. The highest BCUT2D eigenvalue weighted by Gasteiger charge is 2.23. The third kappa shape index (κ3) is 5.56. The van der Waals surface area contributed by atoms with Crippen LogP contribution in [0.25, 0.3) is 11.6 Å². The molecule has 0 aliphatic rings. The van der Waals surface area contributed by atoms with Gasteiger partial charge in [0.15, 0.2) is 0 Å². The monoisotopic (exact) mass is 468 g/mol. The van der Waals surface area contributed by atoms with Crippen molar-refractivity contribution >= 4 is 52.0 Å². The van der Waals surface area contributed by atoms with Crippen LogP contribution in [0.4, 0.5) is 11.4 Å². The van der Waals surface area contributed by atoms with Gasteiger partial charge in [0.1, 0.15) is 0 Å². The largest absolute Gasteiger partial charge is 0.397 e. The second kappa shape index (κ2) is 10.6. The molecule has 0 aliphatic carbocycles. The number of nitrogens with two attached hydrogens (primary N) is 1. The summed E-state index contributed by atoms with van der Waals surface area (Å²) in [6, 6.07) is 25.2. The molecule has 0 unspecified atom stereocenters. The van der Waals surface area contributed by atoms with Crippen molar-refractivity contribution in [2.24, 2.45) is 0 Å². The topological polar surface area (TPSA) is 46.3 Å². The van der Waals surface area contributed by atoms with Crippen LogP contribution in [-0.2, 0) is 11.3 Å². The molecule has 33 heavy (non-hydrogen) atoms. The Kier molecular flexibility index (Phi) is 7.33. The van der Waals surface area contributed by atoms with Gasteiger partial charge in [0.25, 0.3) is 5.91 Å². The van der Waals surface area contributed by atoms with Crippen molar-refractivity contribution in [2.45, 2.75) is 11.4 Å². The zero-order chi connectivity index (χ0) is 23.2. The molecule has 0 atom stereocenters. The van der Waals surface area contributed by atoms with Crippen molar-refractivity contribution in [3.63, 3.8) is 0 Å². The Labute approximate surface area is 203 Å². The average molecular weight is 469 g/mol. The van der Waals surface area contributed by atoms with Crippen molar-refractivity contribution in [3.05, 3.63) is 119 Å². The molecule has 2 radical (unpaired) electrons. The molecule has 0 saturated heterocycles. The lowest BCUT2D eigenvalue weighted by atomic mass is 10.0. The number of hydrogen-bond acceptors (Lipinski definition) is 4. The van der Waals surface area contributed by atoms with Gasteiger partial charge in [0.2, 0.25) is 0 Å². The van der Waals surface area contributed by atoms with E-state index in [9.17, 15) is 4.79 Å². The van der Waals surface area contributed by atoms with E-state index in [4.69, 9.17) is 12.7 Å². The van der Waals surface area contributed by atoms with E-state index in [1.54, 1.807) is 28.0 Å². The molecular weight excluding hydrogens is 444 g/mol. The highest BCUT2D eigenvalue weighted by Crippen LogP contribution is 2.31. The fourth-order valence-corrected chi connectivity index (χ4v) is 4.57. The van der Waals surface area contributed by atoms with E-state index in [-0.39, 0.29) is 5.91 Å². The third-order valence-electron chi connectivity index (χ3n) is 5.28. The lowest BCUT2D eigenvalue weighted by Gasteiger charge is -2.26. The van der Waals surface area contributed by atoms with Gasteiger partial charge in [-0.15, -0.1) is 11.8 Å². The first-order chi connectivity index (χ1) is 16.0. The van der Waals surface area contributed by atoms with Gasteiger partial charge in [0, 0.05) is 10.5 Å². The van der Waals surface area contributed by atoms with Crippen LogP contribution in [0, 0.1) is 6.92 Å². The SMILES string of the molecule is [CH]c1ccc(CN(C(=O)C(=Cc2ccc(SC)cc2)c2ccsc2)c2ccccc2N)cc1. The summed E-state index contributed by atoms with van der Waals surface area (Å²) in [7, 11) is 0. The van der Waals surface area contributed by atoms with Crippen LogP contribution in [0.15, 0.2) is 94.5 Å². The van der Waals surface area contributed by atoms with Crippen LogP contribution >= 0.6 is 23.1 Å². The number of thioether (sulfide) groups is 1. The Morgan fingerprint density at radius 3 is 2.39 bits per heavy atom. The molecule has 4 aromatic rings. The molecule has 0 saturated carbocycles. The number of amides is 1. The second-order valence-electron chi connectivity index (χ2n) is 7.53. The van der Waals surface area contributed by atoms with Crippen LogP contribution in [-0.4, -0.2) is 12.2 Å². The van der Waals surface area contributed by atoms with Gasteiger partial charge in [-0.2, -0.15) is 11.3 Å². The van der Waals surface area contributed by atoms with E-state index >= 15 is 0 Å². The molecule has 1 amide bonds. The van der Waals surface area contributed by atoms with Gasteiger partial charge in [0.05, 0.1) is 17.9 Å². The van der Waals surface area contributed by atoms with Gasteiger partial charge >= 0.3 is 0 Å². The number of para-hydroxylation sites is 2. The van der Waals surface area contributed by atoms with E-state index < -0.39 is 0 Å². The van der Waals surface area contributed by atoms with Gasteiger partial charge < -0.3 is 10.6 Å². The maximum Gasteiger partial charge on any atom is 0.259 e. The van der Waals surface area contributed by atoms with E-state index in [0.717, 1.165) is 16.7 Å². The molecule has 3 aromatic carbocycles. The molecular formula is C28H24N2OS2. The van der Waals surface area contributed by atoms with Gasteiger partial charge in [-0.3, -0.25) is 4.79 Å². The number of nitrogen functional groups attached to an aromatic ring is 1. The Morgan fingerprint density at radius 1 is 1.03 bits per heavy atom. The fraction of sp³-hybridized carbons (Fsp3) is 0.0714. The van der Waals surface area contributed by atoms with Crippen molar-refractivity contribution in [1.82, 2.24) is 0 Å². The number of thiophene rings is 1. The summed E-state index contributed by atoms with van der Waals surface area (Å²) in [4.78, 5) is 17.0. The molecule has 0 aliphatic heterocycles. The van der Waals surface area contributed by atoms with Crippen molar-refractivity contribution in [1.29, 1.82) is 0 Å². The molecule has 1 heterocycles. The standard InChI is InChI=1S/C28H24N2OS2/c1-20-7-9-22(10-8-20)18-30(27-6-4-3-5-26(27)29)28(31)25(23-15-16-33-19-23)17-21-11-13-24(32-2)14-12-21/h1,3-17,19H,18,29H2,2H3. The van der Waals surface area contributed by atoms with E-state index in [1.807, 2.05) is 89.8 Å². The summed E-state index contributed by atoms with van der Waals surface area (Å²) >= 11 is 3.25. The van der Waals surface area contributed by atoms with E-state index in [2.05, 4.69) is 12.1 Å². The number of carbonyl (C=O) groups is 1. The summed E-state index contributed by atoms with van der Waals surface area (Å²) < 4.78 is 0. The van der Waals surface area contributed by atoms with Crippen LogP contribution in [0.2, 0.25) is 0 Å². The zero-order valence-corrected chi connectivity index (χ0v) is 19.9. The summed E-state index contributed by atoms with van der Waals surface area (Å²) in [5.41, 5.74) is 11.7. The van der Waals surface area contributed by atoms with Gasteiger partial charge in [-0.25, -0.2) is 0 Å². The highest BCUT2D eigenvalue weighted by molar-refractivity contribution is 7.98. The number of anilines is 2. The highest BCUT2D eigenvalue weighted by atomic mass is 32.2. The first-order valence-corrected chi connectivity index (χ1v) is 12.6. The Hall–Kier alpha value is -3.28. The Balaban J connectivity index is 1.78. The first-order valence-electron chi connectivity index (χ1n) is 10.4. The summed E-state index contributed by atoms with van der Waals surface area (Å²) in [5.74, 6) is -0.114. The van der Waals surface area contributed by atoms with Gasteiger partial charge in [-0.1, -0.05) is 48.5 Å². The molecule has 0 spiro atoms. The molecule has 0 fully saturated rings. The van der Waals surface area contributed by atoms with Crippen LogP contribution < -0.4 is 10.6 Å². The normalized spacial score (nSPS) is 11.4. The minimum atomic E-state index is -0.114. The summed E-state index contributed by atoms with van der Waals surface area (Å²) in [5, 5.41) is 3.98. The molecule has 3 nitrogen and oxygen atoms in total. The van der Waals surface area contributed by atoms with Crippen LogP contribution in [0.1, 0.15) is 22.3 Å². The zero-order valence-electron chi connectivity index (χ0n) is 18.3. The number of nitrogens with zero attached hydrogens (tertiary/aromatic N) is 1. The molecule has 2 N–H and O–H groups in total. The molecule has 164 valence electrons. The molecule has 0 bridgehead atoms. The number of rotatable bonds is 7. The van der Waals surface area contributed by atoms with Crippen LogP contribution in [0.5, 0.6) is 0 Å². The fourth-order valence-electron chi connectivity index (χ4n) is 3.50. The quantitative estimate of drug-likeness (QED) is 0.183. The third-order valence-corrected chi connectivity index (χ3v) is 6.71. The minimum absolute atomic E-state index is 0.114. The van der Waals surface area contributed by atoms with E-state index in [0.29, 0.717) is 29.1 Å². The number of carbonyl (C=O) groups excluding carboxylic acids is 1. The lowest BCUT2D eigenvalue weighted by molar-refractivity contribution is -0.113. The Morgan fingerprint density at radius 2 is 1.76 bits per heavy atom. The van der Waals surface area contributed by atoms with Crippen LogP contribution in [0.3, 0.4) is 0 Å². The predicted molar refractivity (Wildman–Crippen MR) is 142 cm³/mol. The maximum absolute atomic E-state index is 14.1. The van der Waals surface area contributed by atoms with E-state index in [1.165, 1.54) is 4.90 Å². The predicted octanol–water partition coefficient (Wildman–Crippen LogP) is 6.89. The van der Waals surface area contributed by atoms with Crippen molar-refractivity contribution in [3.8, 4) is 0 Å². The molecule has 5 heteroatoms. The minimum Gasteiger partial charge on any atom is -0.397 e. The molecule has 1 aromatic heterocycles. The Bertz CT molecular complexity index is 1240. The molecule has 4 rings (SSSR count). The lowest BCUT2D eigenvalue weighted by Crippen LogP contribution is -2.31. The number of benzene rings is 3. The summed E-state index contributed by atoms with van der Waals surface area (Å²) in [6.45, 7) is 6.24.